The average molecular weight is 222 g/mol. The molecule has 0 unspecified atom stereocenters. The van der Waals surface area contributed by atoms with Gasteiger partial charge in [0, 0.05) is 6.42 Å². The molecule has 0 saturated carbocycles. The summed E-state index contributed by atoms with van der Waals surface area (Å²) in [5.74, 6) is 2.11. The number of rotatable bonds is 7. The lowest BCUT2D eigenvalue weighted by molar-refractivity contribution is -0.116. The highest BCUT2D eigenvalue weighted by Gasteiger charge is 2.02. The minimum absolute atomic E-state index is 0.335. The summed E-state index contributed by atoms with van der Waals surface area (Å²) in [7, 11) is 0. The van der Waals surface area contributed by atoms with E-state index < -0.39 is 0 Å². The second-order valence-corrected chi connectivity index (χ2v) is 4.71. The number of unbranched alkanes of at least 4 members (excludes halogenated alkanes) is 1. The van der Waals surface area contributed by atoms with E-state index in [1.165, 1.54) is 12.8 Å². The maximum atomic E-state index is 11.6. The number of hydrogen-bond acceptors (Lipinski definition) is 2. The third kappa shape index (κ3) is 5.63. The van der Waals surface area contributed by atoms with Crippen LogP contribution in [0.1, 0.15) is 25.3 Å². The molecular formula is C13H18OS. The molecule has 1 aromatic rings. The molecule has 0 amide bonds. The second-order valence-electron chi connectivity index (χ2n) is 3.61. The molecule has 0 aliphatic heterocycles. The van der Waals surface area contributed by atoms with E-state index in [2.05, 4.69) is 6.92 Å². The lowest BCUT2D eigenvalue weighted by Gasteiger charge is -2.01. The first kappa shape index (κ1) is 12.3. The number of Topliss-reactive ketones (excluding diaryl/α,β-unsaturated/α-hetero) is 1. The number of hydrogen-bond donors (Lipinski definition) is 0. The molecule has 0 N–H and O–H groups in total. The van der Waals surface area contributed by atoms with E-state index in [0.29, 0.717) is 18.0 Å². The van der Waals surface area contributed by atoms with Gasteiger partial charge in [-0.1, -0.05) is 43.7 Å². The van der Waals surface area contributed by atoms with E-state index in [1.807, 2.05) is 30.3 Å². The zero-order chi connectivity index (χ0) is 10.9. The Kier molecular flexibility index (Phi) is 6.17. The lowest BCUT2D eigenvalue weighted by Crippen LogP contribution is -2.05. The summed E-state index contributed by atoms with van der Waals surface area (Å²) in [5.41, 5.74) is 1.12. The van der Waals surface area contributed by atoms with Gasteiger partial charge in [0.1, 0.15) is 5.78 Å². The number of ketones is 1. The van der Waals surface area contributed by atoms with Crippen LogP contribution in [-0.4, -0.2) is 17.3 Å². The third-order valence-corrected chi connectivity index (χ3v) is 3.25. The van der Waals surface area contributed by atoms with E-state index in [9.17, 15) is 4.79 Å². The molecule has 0 aliphatic rings. The fraction of sp³-hybridized carbons (Fsp3) is 0.462. The van der Waals surface area contributed by atoms with E-state index in [4.69, 9.17) is 0 Å². The standard InChI is InChI=1S/C13H18OS/c1-2-3-9-15-11-13(14)10-12-7-5-4-6-8-12/h4-8H,2-3,9-11H2,1H3. The molecule has 0 radical (unpaired) electrons. The second kappa shape index (κ2) is 7.52. The predicted molar refractivity (Wildman–Crippen MR) is 67.4 cm³/mol. The normalized spacial score (nSPS) is 10.2. The lowest BCUT2D eigenvalue weighted by atomic mass is 10.1. The van der Waals surface area contributed by atoms with Crippen molar-refractivity contribution in [3.63, 3.8) is 0 Å². The van der Waals surface area contributed by atoms with Gasteiger partial charge < -0.3 is 0 Å². The summed E-state index contributed by atoms with van der Waals surface area (Å²) in [6, 6.07) is 9.95. The van der Waals surface area contributed by atoms with E-state index in [-0.39, 0.29) is 0 Å². The van der Waals surface area contributed by atoms with Crippen molar-refractivity contribution in [2.24, 2.45) is 0 Å². The molecule has 0 saturated heterocycles. The van der Waals surface area contributed by atoms with Crippen molar-refractivity contribution < 1.29 is 4.79 Å². The van der Waals surface area contributed by atoms with Gasteiger partial charge in [-0.15, -0.1) is 0 Å². The Labute approximate surface area is 96.3 Å². The SMILES string of the molecule is CCCCSCC(=O)Cc1ccccc1. The van der Waals surface area contributed by atoms with Crippen LogP contribution in [0.2, 0.25) is 0 Å². The fourth-order valence-electron chi connectivity index (χ4n) is 1.31. The van der Waals surface area contributed by atoms with Crippen molar-refractivity contribution in [1.82, 2.24) is 0 Å². The Bertz CT molecular complexity index is 282. The van der Waals surface area contributed by atoms with Gasteiger partial charge in [0.15, 0.2) is 0 Å². The first-order valence-electron chi connectivity index (χ1n) is 5.46. The maximum absolute atomic E-state index is 11.6. The van der Waals surface area contributed by atoms with Crippen LogP contribution in [0.5, 0.6) is 0 Å². The van der Waals surface area contributed by atoms with E-state index in [1.54, 1.807) is 11.8 Å². The topological polar surface area (TPSA) is 17.1 Å². The summed E-state index contributed by atoms with van der Waals surface area (Å²) >= 11 is 1.76. The molecule has 0 atom stereocenters. The number of carbonyl (C=O) groups is 1. The molecule has 1 rings (SSSR count). The van der Waals surface area contributed by atoms with Crippen molar-refractivity contribution >= 4 is 17.5 Å². The van der Waals surface area contributed by atoms with Crippen LogP contribution >= 0.6 is 11.8 Å². The highest BCUT2D eigenvalue weighted by molar-refractivity contribution is 7.99. The van der Waals surface area contributed by atoms with E-state index >= 15 is 0 Å². The highest BCUT2D eigenvalue weighted by Crippen LogP contribution is 2.07. The van der Waals surface area contributed by atoms with Crippen LogP contribution in [0.25, 0.3) is 0 Å². The van der Waals surface area contributed by atoms with Gasteiger partial charge in [-0.2, -0.15) is 11.8 Å². The fourth-order valence-corrected chi connectivity index (χ4v) is 2.27. The van der Waals surface area contributed by atoms with Crippen LogP contribution in [0.15, 0.2) is 30.3 Å². The van der Waals surface area contributed by atoms with Crippen molar-refractivity contribution in [3.8, 4) is 0 Å². The van der Waals surface area contributed by atoms with Crippen LogP contribution in [-0.2, 0) is 11.2 Å². The molecule has 0 aromatic heterocycles. The van der Waals surface area contributed by atoms with Gasteiger partial charge >= 0.3 is 0 Å². The number of thioether (sulfide) groups is 1. The Hall–Kier alpha value is -0.760. The van der Waals surface area contributed by atoms with Crippen molar-refractivity contribution in [2.75, 3.05) is 11.5 Å². The molecule has 0 fully saturated rings. The smallest absolute Gasteiger partial charge is 0.147 e. The summed E-state index contributed by atoms with van der Waals surface area (Å²) in [4.78, 5) is 11.6. The Morgan fingerprint density at radius 1 is 1.27 bits per heavy atom. The largest absolute Gasteiger partial charge is 0.298 e. The molecule has 0 heterocycles. The highest BCUT2D eigenvalue weighted by atomic mass is 32.2. The first-order chi connectivity index (χ1) is 7.33. The minimum atomic E-state index is 0.335. The quantitative estimate of drug-likeness (QED) is 0.658. The summed E-state index contributed by atoms with van der Waals surface area (Å²) < 4.78 is 0. The summed E-state index contributed by atoms with van der Waals surface area (Å²) in [5, 5.41) is 0. The molecule has 1 aromatic carbocycles. The van der Waals surface area contributed by atoms with Gasteiger partial charge in [0.2, 0.25) is 0 Å². The molecular weight excluding hydrogens is 204 g/mol. The van der Waals surface area contributed by atoms with Crippen molar-refractivity contribution in [1.29, 1.82) is 0 Å². The summed E-state index contributed by atoms with van der Waals surface area (Å²) in [6.45, 7) is 2.17. The van der Waals surface area contributed by atoms with Crippen molar-refractivity contribution in [2.45, 2.75) is 26.2 Å². The van der Waals surface area contributed by atoms with Crippen LogP contribution in [0, 0.1) is 0 Å². The third-order valence-electron chi connectivity index (χ3n) is 2.15. The van der Waals surface area contributed by atoms with E-state index in [0.717, 1.165) is 11.3 Å². The molecule has 0 aliphatic carbocycles. The Morgan fingerprint density at radius 2 is 2.00 bits per heavy atom. The van der Waals surface area contributed by atoms with Gasteiger partial charge in [-0.3, -0.25) is 4.79 Å². The van der Waals surface area contributed by atoms with Crippen LogP contribution in [0.4, 0.5) is 0 Å². The molecule has 0 bridgehead atoms. The molecule has 1 nitrogen and oxygen atoms in total. The van der Waals surface area contributed by atoms with Gasteiger partial charge in [-0.25, -0.2) is 0 Å². The summed E-state index contributed by atoms with van der Waals surface area (Å²) in [6.07, 6.45) is 3.00. The average Bonchev–Trinajstić information content (AvgIpc) is 2.26. The first-order valence-corrected chi connectivity index (χ1v) is 6.61. The number of benzene rings is 1. The Balaban J connectivity index is 2.19. The predicted octanol–water partition coefficient (Wildman–Crippen LogP) is 3.33. The van der Waals surface area contributed by atoms with Crippen LogP contribution < -0.4 is 0 Å². The zero-order valence-electron chi connectivity index (χ0n) is 9.24. The monoisotopic (exact) mass is 222 g/mol. The minimum Gasteiger partial charge on any atom is -0.298 e. The zero-order valence-corrected chi connectivity index (χ0v) is 10.1. The van der Waals surface area contributed by atoms with Gasteiger partial charge in [0.05, 0.1) is 5.75 Å². The van der Waals surface area contributed by atoms with Gasteiger partial charge in [0.25, 0.3) is 0 Å². The molecule has 2 heteroatoms. The van der Waals surface area contributed by atoms with Crippen LogP contribution in [0.3, 0.4) is 0 Å². The molecule has 0 spiro atoms. The van der Waals surface area contributed by atoms with Crippen molar-refractivity contribution in [3.05, 3.63) is 35.9 Å². The Morgan fingerprint density at radius 3 is 2.67 bits per heavy atom. The molecule has 15 heavy (non-hydrogen) atoms. The number of carbonyl (C=O) groups excluding carboxylic acids is 1. The molecule has 82 valence electrons. The van der Waals surface area contributed by atoms with Gasteiger partial charge in [-0.05, 0) is 17.7 Å². The maximum Gasteiger partial charge on any atom is 0.147 e.